The molecule has 0 fully saturated rings. The van der Waals surface area contributed by atoms with Crippen LogP contribution < -0.4 is 10.1 Å². The van der Waals surface area contributed by atoms with E-state index in [4.69, 9.17) is 42.6 Å². The summed E-state index contributed by atoms with van der Waals surface area (Å²) in [6.45, 7) is 6.50. The van der Waals surface area contributed by atoms with E-state index in [9.17, 15) is 23.7 Å². The fourth-order valence-corrected chi connectivity index (χ4v) is 4.82. The van der Waals surface area contributed by atoms with Crippen LogP contribution in [0.1, 0.15) is 18.1 Å². The normalized spacial score (nSPS) is 12.4. The molecule has 2 aromatic rings. The molecule has 51 heavy (non-hydrogen) atoms. The van der Waals surface area contributed by atoms with Crippen molar-refractivity contribution in [1.29, 1.82) is 0 Å². The van der Waals surface area contributed by atoms with E-state index in [0.717, 1.165) is 5.56 Å². The van der Waals surface area contributed by atoms with Crippen LogP contribution in [-0.4, -0.2) is 123 Å². The minimum atomic E-state index is -4.05. The lowest BCUT2D eigenvalue weighted by molar-refractivity contribution is -0.385. The first-order valence-corrected chi connectivity index (χ1v) is 18.3. The Morgan fingerprint density at radius 3 is 1.76 bits per heavy atom. The molecule has 1 amide bonds. The van der Waals surface area contributed by atoms with Crippen molar-refractivity contribution in [1.82, 2.24) is 5.32 Å². The van der Waals surface area contributed by atoms with E-state index in [1.54, 1.807) is 6.92 Å². The van der Waals surface area contributed by atoms with Crippen molar-refractivity contribution in [2.75, 3.05) is 112 Å². The van der Waals surface area contributed by atoms with E-state index in [-0.39, 0.29) is 57.0 Å². The number of ether oxygens (including phenoxy) is 9. The van der Waals surface area contributed by atoms with E-state index in [0.29, 0.717) is 85.0 Å². The second-order valence-electron chi connectivity index (χ2n) is 10.3. The molecule has 2 aromatic carbocycles. The molecule has 2 rings (SSSR count). The van der Waals surface area contributed by atoms with Gasteiger partial charge < -0.3 is 52.5 Å². The van der Waals surface area contributed by atoms with Crippen LogP contribution in [0.3, 0.4) is 0 Å². The molecule has 1 unspecified atom stereocenters. The largest absolute Gasteiger partial charge is 0.489 e. The standard InChI is InChI=1S/C33H50FN2O14P/c1-2-50-51(34,40)25-24-47-23-22-46-21-20-45-19-18-44-17-16-43-15-14-42-13-12-41-11-10-35-33(37)49-28-30-26-31(8-9-32(30)36(38)39)48-27-29-6-4-3-5-7-29/h3-9,26H,2,10-25,27-28H2,1H3,(H,35,37). The van der Waals surface area contributed by atoms with Crippen LogP contribution in [0.5, 0.6) is 5.75 Å². The summed E-state index contributed by atoms with van der Waals surface area (Å²) >= 11 is 0. The third-order valence-corrected chi connectivity index (χ3v) is 7.79. The molecule has 0 aliphatic rings. The van der Waals surface area contributed by atoms with E-state index < -0.39 is 18.7 Å². The summed E-state index contributed by atoms with van der Waals surface area (Å²) in [5.74, 6) is 0.422. The van der Waals surface area contributed by atoms with Gasteiger partial charge in [-0.2, -0.15) is 4.20 Å². The second-order valence-corrected chi connectivity index (χ2v) is 12.2. The average Bonchev–Trinajstić information content (AvgIpc) is 3.12. The van der Waals surface area contributed by atoms with E-state index in [1.165, 1.54) is 18.2 Å². The number of nitrogens with zero attached hydrogens (tertiary/aromatic N) is 1. The molecule has 0 saturated carbocycles. The molecule has 0 aliphatic heterocycles. The molecule has 18 heteroatoms. The van der Waals surface area contributed by atoms with Crippen molar-refractivity contribution in [2.24, 2.45) is 0 Å². The predicted molar refractivity (Wildman–Crippen MR) is 183 cm³/mol. The SMILES string of the molecule is CCOP(=O)(F)CCOCCOCCOCCOCCOCCOCCOCCNC(=O)OCc1cc(OCc2ccccc2)ccc1[N+](=O)[O-]. The second kappa shape index (κ2) is 28.3. The van der Waals surface area contributed by atoms with Gasteiger partial charge in [0.25, 0.3) is 5.69 Å². The zero-order valence-corrected chi connectivity index (χ0v) is 29.9. The highest BCUT2D eigenvalue weighted by molar-refractivity contribution is 7.53. The Morgan fingerprint density at radius 1 is 0.745 bits per heavy atom. The Hall–Kier alpha value is -3.25. The van der Waals surface area contributed by atoms with Crippen LogP contribution in [0.4, 0.5) is 14.7 Å². The van der Waals surface area contributed by atoms with E-state index >= 15 is 0 Å². The van der Waals surface area contributed by atoms with E-state index in [2.05, 4.69) is 9.84 Å². The smallest absolute Gasteiger partial charge is 0.407 e. The molecule has 16 nitrogen and oxygen atoms in total. The molecule has 0 radical (unpaired) electrons. The van der Waals surface area contributed by atoms with Crippen molar-refractivity contribution in [2.45, 2.75) is 20.1 Å². The monoisotopic (exact) mass is 748 g/mol. The number of amides is 1. The van der Waals surface area contributed by atoms with Crippen molar-refractivity contribution in [3.63, 3.8) is 0 Å². The third kappa shape index (κ3) is 23.0. The predicted octanol–water partition coefficient (Wildman–Crippen LogP) is 4.72. The zero-order valence-electron chi connectivity index (χ0n) is 29.0. The Labute approximate surface area is 297 Å². The number of hydrogen-bond donors (Lipinski definition) is 1. The number of nitrogens with one attached hydrogen (secondary N) is 1. The highest BCUT2D eigenvalue weighted by Gasteiger charge is 2.20. The van der Waals surface area contributed by atoms with Gasteiger partial charge in [0.2, 0.25) is 0 Å². The van der Waals surface area contributed by atoms with Gasteiger partial charge in [-0.3, -0.25) is 14.7 Å². The summed E-state index contributed by atoms with van der Waals surface area (Å²) in [6.07, 6.45) is -1.00. The molecule has 1 N–H and O–H groups in total. The topological polar surface area (TPSA) is 182 Å². The zero-order chi connectivity index (χ0) is 36.8. The Morgan fingerprint density at radius 2 is 1.25 bits per heavy atom. The fraction of sp³-hybridized carbons (Fsp3) is 0.606. The van der Waals surface area contributed by atoms with Gasteiger partial charge in [0, 0.05) is 12.6 Å². The molecule has 0 heterocycles. The number of halogens is 1. The van der Waals surface area contributed by atoms with Crippen molar-refractivity contribution in [3.8, 4) is 5.75 Å². The minimum absolute atomic E-state index is 0.00437. The first-order chi connectivity index (χ1) is 24.8. The number of alkyl carbamates (subject to hydrolysis) is 1. The maximum absolute atomic E-state index is 13.3. The van der Waals surface area contributed by atoms with Crippen LogP contribution in [0.25, 0.3) is 0 Å². The number of carbonyl (C=O) groups is 1. The van der Waals surface area contributed by atoms with Gasteiger partial charge in [0.05, 0.1) is 116 Å². The van der Waals surface area contributed by atoms with E-state index in [1.807, 2.05) is 30.3 Å². The number of hydrogen-bond acceptors (Lipinski definition) is 14. The summed E-state index contributed by atoms with van der Waals surface area (Å²) in [5.41, 5.74) is 0.982. The number of benzene rings is 2. The van der Waals surface area contributed by atoms with Gasteiger partial charge in [-0.25, -0.2) is 4.79 Å². The maximum atomic E-state index is 13.3. The Kier molecular flexibility index (Phi) is 24.4. The summed E-state index contributed by atoms with van der Waals surface area (Å²) in [6, 6.07) is 13.8. The average molecular weight is 749 g/mol. The summed E-state index contributed by atoms with van der Waals surface area (Å²) < 4.78 is 77.6. The molecule has 288 valence electrons. The Balaban J connectivity index is 1.34. The third-order valence-electron chi connectivity index (χ3n) is 6.43. The number of nitro benzene ring substituents is 1. The van der Waals surface area contributed by atoms with Crippen LogP contribution >= 0.6 is 7.68 Å². The Bertz CT molecular complexity index is 1260. The number of carbonyl (C=O) groups excluding carboxylic acids is 1. The number of rotatable bonds is 32. The molecule has 0 spiro atoms. The lowest BCUT2D eigenvalue weighted by Gasteiger charge is -2.11. The van der Waals surface area contributed by atoms with Crippen LogP contribution in [-0.2, 0) is 60.2 Å². The van der Waals surface area contributed by atoms with Gasteiger partial charge in [-0.1, -0.05) is 30.3 Å². The van der Waals surface area contributed by atoms with Gasteiger partial charge in [-0.05, 0) is 24.6 Å². The van der Waals surface area contributed by atoms with Gasteiger partial charge >= 0.3 is 13.8 Å². The van der Waals surface area contributed by atoms with Crippen molar-refractivity contribution >= 4 is 19.5 Å². The maximum Gasteiger partial charge on any atom is 0.407 e. The van der Waals surface area contributed by atoms with Gasteiger partial charge in [0.1, 0.15) is 19.0 Å². The molecular formula is C33H50FN2O14P. The van der Waals surface area contributed by atoms with Crippen LogP contribution in [0, 0.1) is 10.1 Å². The van der Waals surface area contributed by atoms with Gasteiger partial charge in [0.15, 0.2) is 0 Å². The highest BCUT2D eigenvalue weighted by atomic mass is 31.2. The first-order valence-electron chi connectivity index (χ1n) is 16.6. The molecule has 0 bridgehead atoms. The molecule has 0 aromatic heterocycles. The highest BCUT2D eigenvalue weighted by Crippen LogP contribution is 2.47. The summed E-state index contributed by atoms with van der Waals surface area (Å²) in [5, 5.41) is 14.0. The van der Waals surface area contributed by atoms with Crippen molar-refractivity contribution in [3.05, 3.63) is 69.8 Å². The number of nitro groups is 1. The molecule has 1 atom stereocenters. The quantitative estimate of drug-likeness (QED) is 0.0470. The van der Waals surface area contributed by atoms with Gasteiger partial charge in [-0.15, -0.1) is 0 Å². The molecular weight excluding hydrogens is 698 g/mol. The van der Waals surface area contributed by atoms with Crippen LogP contribution in [0.2, 0.25) is 0 Å². The lowest BCUT2D eigenvalue weighted by Crippen LogP contribution is -2.28. The van der Waals surface area contributed by atoms with Crippen molar-refractivity contribution < 1.29 is 65.6 Å². The minimum Gasteiger partial charge on any atom is -0.489 e. The summed E-state index contributed by atoms with van der Waals surface area (Å²) in [4.78, 5) is 23.0. The van der Waals surface area contributed by atoms with Crippen LogP contribution in [0.15, 0.2) is 48.5 Å². The fourth-order valence-electron chi connectivity index (χ4n) is 3.96. The first kappa shape index (κ1) is 43.9. The molecule has 0 saturated heterocycles. The summed E-state index contributed by atoms with van der Waals surface area (Å²) in [7, 11) is -4.05. The molecule has 0 aliphatic carbocycles. The lowest BCUT2D eigenvalue weighted by atomic mass is 10.2.